The first-order valence-electron chi connectivity index (χ1n) is 7.97. The van der Waals surface area contributed by atoms with Crippen molar-refractivity contribution in [1.82, 2.24) is 4.72 Å². The van der Waals surface area contributed by atoms with Gasteiger partial charge in [0.2, 0.25) is 15.9 Å². The van der Waals surface area contributed by atoms with Crippen molar-refractivity contribution in [3.05, 3.63) is 46.2 Å². The van der Waals surface area contributed by atoms with Crippen LogP contribution < -0.4 is 10.0 Å². The second kappa shape index (κ2) is 9.24. The third-order valence-corrected chi connectivity index (χ3v) is 6.06. The first-order chi connectivity index (χ1) is 12.3. The number of anilines is 1. The van der Waals surface area contributed by atoms with Crippen LogP contribution in [0.25, 0.3) is 0 Å². The highest BCUT2D eigenvalue weighted by Crippen LogP contribution is 2.24. The lowest BCUT2D eigenvalue weighted by Crippen LogP contribution is -2.30. The summed E-state index contributed by atoms with van der Waals surface area (Å²) in [5.74, 6) is -0.224. The van der Waals surface area contributed by atoms with Gasteiger partial charge >= 0.3 is 0 Å². The van der Waals surface area contributed by atoms with Crippen LogP contribution in [0.15, 0.2) is 40.6 Å². The molecular formula is C17H22N2O5S2. The molecule has 0 aliphatic heterocycles. The van der Waals surface area contributed by atoms with Crippen molar-refractivity contribution in [3.63, 3.8) is 0 Å². The van der Waals surface area contributed by atoms with Crippen LogP contribution in [0, 0.1) is 6.92 Å². The van der Waals surface area contributed by atoms with Gasteiger partial charge in [-0.1, -0.05) is 6.07 Å². The molecule has 0 saturated heterocycles. The molecule has 7 nitrogen and oxygen atoms in total. The molecule has 0 unspecified atom stereocenters. The Labute approximate surface area is 157 Å². The number of hydrogen-bond donors (Lipinski definition) is 3. The number of thiophene rings is 1. The Balaban J connectivity index is 2.13. The maximum Gasteiger partial charge on any atom is 0.240 e. The van der Waals surface area contributed by atoms with E-state index in [-0.39, 0.29) is 30.6 Å². The molecule has 0 radical (unpaired) electrons. The van der Waals surface area contributed by atoms with Crippen molar-refractivity contribution in [3.8, 4) is 0 Å². The molecule has 0 aliphatic carbocycles. The van der Waals surface area contributed by atoms with Crippen LogP contribution in [0.1, 0.15) is 23.5 Å². The Morgan fingerprint density at radius 1 is 1.35 bits per heavy atom. The summed E-state index contributed by atoms with van der Waals surface area (Å²) in [5, 5.41) is 13.5. The predicted molar refractivity (Wildman–Crippen MR) is 101 cm³/mol. The number of amides is 1. The van der Waals surface area contributed by atoms with Gasteiger partial charge in [-0.25, -0.2) is 13.1 Å². The number of aryl methyl sites for hydroxylation is 1. The van der Waals surface area contributed by atoms with Crippen LogP contribution >= 0.6 is 11.3 Å². The summed E-state index contributed by atoms with van der Waals surface area (Å²) in [6, 6.07) is 8.32. The summed E-state index contributed by atoms with van der Waals surface area (Å²) in [6.45, 7) is 3.08. The van der Waals surface area contributed by atoms with Crippen LogP contribution in [0.2, 0.25) is 0 Å². The molecule has 26 heavy (non-hydrogen) atoms. The van der Waals surface area contributed by atoms with E-state index in [2.05, 4.69) is 10.0 Å². The van der Waals surface area contributed by atoms with Crippen molar-refractivity contribution in [2.75, 3.05) is 25.1 Å². The smallest absolute Gasteiger partial charge is 0.240 e. The summed E-state index contributed by atoms with van der Waals surface area (Å²) in [7, 11) is -3.75. The zero-order chi connectivity index (χ0) is 19.2. The number of aliphatic hydroxyl groups is 1. The van der Waals surface area contributed by atoms with Gasteiger partial charge in [-0.15, -0.1) is 11.3 Å². The van der Waals surface area contributed by atoms with E-state index in [9.17, 15) is 13.2 Å². The van der Waals surface area contributed by atoms with E-state index in [0.717, 1.165) is 4.88 Å². The Hall–Kier alpha value is -1.78. The van der Waals surface area contributed by atoms with E-state index in [0.29, 0.717) is 11.3 Å². The molecule has 9 heteroatoms. The summed E-state index contributed by atoms with van der Waals surface area (Å²) in [6.07, 6.45) is -0.476. The van der Waals surface area contributed by atoms with E-state index in [1.807, 2.05) is 17.5 Å². The SMILES string of the molecule is CC(=O)Nc1ccc(S(=O)(=O)NC[C@H](OCCO)c2cccs2)c(C)c1. The third-order valence-electron chi connectivity index (χ3n) is 3.51. The van der Waals surface area contributed by atoms with Crippen molar-refractivity contribution < 1.29 is 23.1 Å². The molecule has 2 aromatic rings. The first-order valence-corrected chi connectivity index (χ1v) is 10.3. The molecule has 1 aromatic carbocycles. The van der Waals surface area contributed by atoms with Gasteiger partial charge in [-0.2, -0.15) is 0 Å². The second-order valence-corrected chi connectivity index (χ2v) is 8.33. The van der Waals surface area contributed by atoms with Crippen LogP contribution in [-0.4, -0.2) is 39.2 Å². The maximum absolute atomic E-state index is 12.6. The lowest BCUT2D eigenvalue weighted by Gasteiger charge is -2.18. The number of rotatable bonds is 9. The highest BCUT2D eigenvalue weighted by Gasteiger charge is 2.21. The molecule has 0 fully saturated rings. The minimum atomic E-state index is -3.75. The van der Waals surface area contributed by atoms with Crippen LogP contribution in [0.4, 0.5) is 5.69 Å². The number of hydrogen-bond acceptors (Lipinski definition) is 6. The van der Waals surface area contributed by atoms with Crippen LogP contribution in [-0.2, 0) is 19.6 Å². The Morgan fingerprint density at radius 2 is 2.12 bits per heavy atom. The Bertz CT molecular complexity index is 835. The van der Waals surface area contributed by atoms with Crippen molar-refractivity contribution in [2.45, 2.75) is 24.8 Å². The minimum Gasteiger partial charge on any atom is -0.394 e. The first kappa shape index (κ1) is 20.5. The monoisotopic (exact) mass is 398 g/mol. The second-order valence-electron chi connectivity index (χ2n) is 5.61. The predicted octanol–water partition coefficient (Wildman–Crippen LogP) is 2.04. The number of carbonyl (C=O) groups is 1. The topological polar surface area (TPSA) is 105 Å². The molecular weight excluding hydrogens is 376 g/mol. The van der Waals surface area contributed by atoms with E-state index in [1.165, 1.54) is 24.3 Å². The number of sulfonamides is 1. The maximum atomic E-state index is 12.6. The van der Waals surface area contributed by atoms with Crippen molar-refractivity contribution >= 4 is 33.0 Å². The average molecular weight is 399 g/mol. The van der Waals surface area contributed by atoms with Gasteiger partial charge in [-0.05, 0) is 42.1 Å². The van der Waals surface area contributed by atoms with E-state index >= 15 is 0 Å². The zero-order valence-corrected chi connectivity index (χ0v) is 16.2. The van der Waals surface area contributed by atoms with Gasteiger partial charge in [0.1, 0.15) is 6.10 Å². The number of nitrogens with one attached hydrogen (secondary N) is 2. The summed E-state index contributed by atoms with van der Waals surface area (Å²) >= 11 is 1.46. The van der Waals surface area contributed by atoms with E-state index < -0.39 is 16.1 Å². The molecule has 0 spiro atoms. The number of aliphatic hydroxyl groups excluding tert-OH is 1. The van der Waals surface area contributed by atoms with Gasteiger partial charge in [-0.3, -0.25) is 4.79 Å². The average Bonchev–Trinajstić information content (AvgIpc) is 3.08. The standard InChI is InChI=1S/C17H22N2O5S2/c1-12-10-14(19-13(2)21)5-6-17(12)26(22,23)18-11-15(24-8-7-20)16-4-3-9-25-16/h3-6,9-10,15,18,20H,7-8,11H2,1-2H3,(H,19,21)/t15-/m0/s1. The lowest BCUT2D eigenvalue weighted by atomic mass is 10.2. The van der Waals surface area contributed by atoms with Crippen LogP contribution in [0.5, 0.6) is 0 Å². The minimum absolute atomic E-state index is 0.0513. The summed E-state index contributed by atoms with van der Waals surface area (Å²) < 4.78 is 33.4. The highest BCUT2D eigenvalue weighted by molar-refractivity contribution is 7.89. The Morgan fingerprint density at radius 3 is 2.69 bits per heavy atom. The molecule has 0 saturated carbocycles. The molecule has 2 rings (SSSR count). The number of ether oxygens (including phenoxy) is 1. The molecule has 3 N–H and O–H groups in total. The third kappa shape index (κ3) is 5.61. The van der Waals surface area contributed by atoms with Crippen LogP contribution in [0.3, 0.4) is 0 Å². The Kier molecular flexibility index (Phi) is 7.30. The lowest BCUT2D eigenvalue weighted by molar-refractivity contribution is -0.114. The fraction of sp³-hybridized carbons (Fsp3) is 0.353. The van der Waals surface area contributed by atoms with Gasteiger partial charge in [0.05, 0.1) is 18.1 Å². The zero-order valence-electron chi connectivity index (χ0n) is 14.6. The molecule has 1 amide bonds. The van der Waals surface area contributed by atoms with Gasteiger partial charge in [0.25, 0.3) is 0 Å². The fourth-order valence-electron chi connectivity index (χ4n) is 2.41. The molecule has 142 valence electrons. The van der Waals surface area contributed by atoms with E-state index in [1.54, 1.807) is 19.1 Å². The molecule has 0 bridgehead atoms. The molecule has 0 aliphatic rings. The van der Waals surface area contributed by atoms with Gasteiger partial charge in [0, 0.05) is 24.0 Å². The van der Waals surface area contributed by atoms with Gasteiger partial charge in [0.15, 0.2) is 0 Å². The number of carbonyl (C=O) groups excluding carboxylic acids is 1. The largest absolute Gasteiger partial charge is 0.394 e. The van der Waals surface area contributed by atoms with Crippen molar-refractivity contribution in [1.29, 1.82) is 0 Å². The van der Waals surface area contributed by atoms with Gasteiger partial charge < -0.3 is 15.2 Å². The summed E-state index contributed by atoms with van der Waals surface area (Å²) in [4.78, 5) is 12.1. The molecule has 1 heterocycles. The highest BCUT2D eigenvalue weighted by atomic mass is 32.2. The quantitative estimate of drug-likeness (QED) is 0.600. The van der Waals surface area contributed by atoms with E-state index in [4.69, 9.17) is 9.84 Å². The molecule has 1 aromatic heterocycles. The normalized spacial score (nSPS) is 12.7. The molecule has 1 atom stereocenters. The number of benzene rings is 1. The summed E-state index contributed by atoms with van der Waals surface area (Å²) in [5.41, 5.74) is 1.06. The fourth-order valence-corrected chi connectivity index (χ4v) is 4.44. The van der Waals surface area contributed by atoms with Crippen molar-refractivity contribution in [2.24, 2.45) is 0 Å².